The van der Waals surface area contributed by atoms with Gasteiger partial charge in [-0.05, 0) is 56.9 Å². The van der Waals surface area contributed by atoms with Crippen molar-refractivity contribution in [3.63, 3.8) is 0 Å². The second-order valence-electron chi connectivity index (χ2n) is 7.18. The third kappa shape index (κ3) is 4.19. The number of hydrogen-bond acceptors (Lipinski definition) is 3. The summed E-state index contributed by atoms with van der Waals surface area (Å²) < 4.78 is 5.98. The van der Waals surface area contributed by atoms with Crippen molar-refractivity contribution in [3.05, 3.63) is 0 Å². The standard InChI is InChI=1S/C17H34N2O/c1-4-10-20-15-6-5-9-19(12-15)17-11-14(13(2)3)7-8-16(17)18/h13-17H,4-12,18H2,1-3H3. The van der Waals surface area contributed by atoms with Gasteiger partial charge >= 0.3 is 0 Å². The quantitative estimate of drug-likeness (QED) is 0.842. The normalized spacial score (nSPS) is 36.5. The summed E-state index contributed by atoms with van der Waals surface area (Å²) in [6.45, 7) is 10.1. The van der Waals surface area contributed by atoms with E-state index in [0.717, 1.165) is 31.4 Å². The van der Waals surface area contributed by atoms with Crippen LogP contribution in [0.4, 0.5) is 0 Å². The lowest BCUT2D eigenvalue weighted by molar-refractivity contribution is -0.0257. The van der Waals surface area contributed by atoms with E-state index in [9.17, 15) is 0 Å². The van der Waals surface area contributed by atoms with Gasteiger partial charge in [0, 0.05) is 25.2 Å². The molecule has 1 aliphatic carbocycles. The van der Waals surface area contributed by atoms with Crippen LogP contribution in [0.15, 0.2) is 0 Å². The molecule has 4 unspecified atom stereocenters. The van der Waals surface area contributed by atoms with E-state index in [2.05, 4.69) is 25.7 Å². The van der Waals surface area contributed by atoms with Crippen LogP contribution in [0.5, 0.6) is 0 Å². The Hall–Kier alpha value is -0.120. The predicted molar refractivity (Wildman–Crippen MR) is 84.8 cm³/mol. The predicted octanol–water partition coefficient (Wildman–Crippen LogP) is 3.03. The Labute approximate surface area is 125 Å². The molecular formula is C17H34N2O. The molecule has 1 saturated heterocycles. The lowest BCUT2D eigenvalue weighted by Gasteiger charge is -2.45. The molecule has 2 N–H and O–H groups in total. The van der Waals surface area contributed by atoms with Crippen LogP contribution in [0.2, 0.25) is 0 Å². The van der Waals surface area contributed by atoms with Gasteiger partial charge in [0.25, 0.3) is 0 Å². The van der Waals surface area contributed by atoms with Gasteiger partial charge in [0.2, 0.25) is 0 Å². The molecule has 0 bridgehead atoms. The number of rotatable bonds is 5. The number of hydrogen-bond donors (Lipinski definition) is 1. The van der Waals surface area contributed by atoms with E-state index >= 15 is 0 Å². The smallest absolute Gasteiger partial charge is 0.0702 e. The Balaban J connectivity index is 1.90. The van der Waals surface area contributed by atoms with Gasteiger partial charge in [-0.15, -0.1) is 0 Å². The van der Waals surface area contributed by atoms with Crippen molar-refractivity contribution in [3.8, 4) is 0 Å². The minimum absolute atomic E-state index is 0.370. The van der Waals surface area contributed by atoms with Gasteiger partial charge in [-0.2, -0.15) is 0 Å². The molecular weight excluding hydrogens is 248 g/mol. The van der Waals surface area contributed by atoms with Crippen LogP contribution < -0.4 is 5.73 Å². The van der Waals surface area contributed by atoms with Crippen molar-refractivity contribution in [1.82, 2.24) is 4.90 Å². The zero-order valence-electron chi connectivity index (χ0n) is 13.7. The fraction of sp³-hybridized carbons (Fsp3) is 1.00. The van der Waals surface area contributed by atoms with Gasteiger partial charge in [0.15, 0.2) is 0 Å². The largest absolute Gasteiger partial charge is 0.377 e. The number of ether oxygens (including phenoxy) is 1. The average Bonchev–Trinajstić information content (AvgIpc) is 2.45. The molecule has 1 heterocycles. The number of likely N-dealkylation sites (tertiary alicyclic amines) is 1. The highest BCUT2D eigenvalue weighted by Gasteiger charge is 2.35. The molecule has 0 aromatic carbocycles. The first-order valence-electron chi connectivity index (χ1n) is 8.73. The lowest BCUT2D eigenvalue weighted by Crippen LogP contribution is -2.55. The Morgan fingerprint density at radius 1 is 1.25 bits per heavy atom. The number of nitrogens with two attached hydrogens (primary N) is 1. The van der Waals surface area contributed by atoms with Gasteiger partial charge in [-0.3, -0.25) is 4.90 Å². The molecule has 2 aliphatic rings. The maximum Gasteiger partial charge on any atom is 0.0702 e. The molecule has 0 spiro atoms. The first kappa shape index (κ1) is 16.3. The third-order valence-electron chi connectivity index (χ3n) is 5.29. The number of nitrogens with zero attached hydrogens (tertiary/aromatic N) is 1. The minimum Gasteiger partial charge on any atom is -0.377 e. The van der Waals surface area contributed by atoms with Crippen LogP contribution in [-0.2, 0) is 4.74 Å². The molecule has 3 heteroatoms. The van der Waals surface area contributed by atoms with Gasteiger partial charge in [-0.25, -0.2) is 0 Å². The highest BCUT2D eigenvalue weighted by Crippen LogP contribution is 2.33. The summed E-state index contributed by atoms with van der Waals surface area (Å²) in [5.41, 5.74) is 6.44. The summed E-state index contributed by atoms with van der Waals surface area (Å²) in [5.74, 6) is 1.65. The van der Waals surface area contributed by atoms with E-state index in [0.29, 0.717) is 18.2 Å². The van der Waals surface area contributed by atoms with Crippen LogP contribution in [0.1, 0.15) is 59.3 Å². The lowest BCUT2D eigenvalue weighted by atomic mass is 9.76. The van der Waals surface area contributed by atoms with E-state index in [1.165, 1.54) is 38.6 Å². The maximum atomic E-state index is 6.44. The first-order chi connectivity index (χ1) is 9.61. The Morgan fingerprint density at radius 2 is 2.05 bits per heavy atom. The van der Waals surface area contributed by atoms with E-state index in [1.54, 1.807) is 0 Å². The molecule has 0 radical (unpaired) electrons. The molecule has 1 aliphatic heterocycles. The zero-order chi connectivity index (χ0) is 14.5. The topological polar surface area (TPSA) is 38.5 Å². The summed E-state index contributed by atoms with van der Waals surface area (Å²) in [6, 6.07) is 0.958. The molecule has 0 aromatic heterocycles. The van der Waals surface area contributed by atoms with Gasteiger partial charge in [-0.1, -0.05) is 20.8 Å². The highest BCUT2D eigenvalue weighted by atomic mass is 16.5. The second-order valence-corrected chi connectivity index (χ2v) is 7.18. The maximum absolute atomic E-state index is 6.44. The molecule has 0 aromatic rings. The van der Waals surface area contributed by atoms with Crippen molar-refractivity contribution in [2.75, 3.05) is 19.7 Å². The van der Waals surface area contributed by atoms with Crippen molar-refractivity contribution >= 4 is 0 Å². The van der Waals surface area contributed by atoms with Crippen LogP contribution >= 0.6 is 0 Å². The number of piperidine rings is 1. The van der Waals surface area contributed by atoms with Crippen molar-refractivity contribution in [2.24, 2.45) is 17.6 Å². The Kier molecular flexibility index (Phi) is 6.31. The summed E-state index contributed by atoms with van der Waals surface area (Å²) in [4.78, 5) is 2.64. The van der Waals surface area contributed by atoms with E-state index in [1.807, 2.05) is 0 Å². The van der Waals surface area contributed by atoms with Crippen molar-refractivity contribution < 1.29 is 4.74 Å². The monoisotopic (exact) mass is 282 g/mol. The molecule has 0 amide bonds. The summed E-state index contributed by atoms with van der Waals surface area (Å²) in [5, 5.41) is 0. The van der Waals surface area contributed by atoms with E-state index in [-0.39, 0.29) is 0 Å². The molecule has 3 nitrogen and oxygen atoms in total. The molecule has 118 valence electrons. The van der Waals surface area contributed by atoms with E-state index < -0.39 is 0 Å². The van der Waals surface area contributed by atoms with E-state index in [4.69, 9.17) is 10.5 Å². The molecule has 2 rings (SSSR count). The zero-order valence-corrected chi connectivity index (χ0v) is 13.7. The fourth-order valence-electron chi connectivity index (χ4n) is 3.92. The van der Waals surface area contributed by atoms with Crippen LogP contribution in [0.25, 0.3) is 0 Å². The van der Waals surface area contributed by atoms with Gasteiger partial charge in [0.05, 0.1) is 6.10 Å². The van der Waals surface area contributed by atoms with Crippen LogP contribution in [0, 0.1) is 11.8 Å². The molecule has 4 atom stereocenters. The third-order valence-corrected chi connectivity index (χ3v) is 5.29. The minimum atomic E-state index is 0.370. The van der Waals surface area contributed by atoms with Gasteiger partial charge < -0.3 is 10.5 Å². The molecule has 1 saturated carbocycles. The first-order valence-corrected chi connectivity index (χ1v) is 8.73. The van der Waals surface area contributed by atoms with Crippen molar-refractivity contribution in [2.45, 2.75) is 77.5 Å². The molecule has 20 heavy (non-hydrogen) atoms. The fourth-order valence-corrected chi connectivity index (χ4v) is 3.92. The highest BCUT2D eigenvalue weighted by molar-refractivity contribution is 4.92. The Morgan fingerprint density at radius 3 is 2.75 bits per heavy atom. The summed E-state index contributed by atoms with van der Waals surface area (Å²) in [6.07, 6.45) is 7.86. The Bertz CT molecular complexity index is 282. The summed E-state index contributed by atoms with van der Waals surface area (Å²) >= 11 is 0. The van der Waals surface area contributed by atoms with Crippen LogP contribution in [-0.4, -0.2) is 42.8 Å². The SMILES string of the molecule is CCCOC1CCCN(C2CC(C(C)C)CCC2N)C1. The molecule has 2 fully saturated rings. The van der Waals surface area contributed by atoms with Gasteiger partial charge in [0.1, 0.15) is 0 Å². The second kappa shape index (κ2) is 7.77. The van der Waals surface area contributed by atoms with Crippen molar-refractivity contribution in [1.29, 1.82) is 0 Å². The van der Waals surface area contributed by atoms with Crippen LogP contribution in [0.3, 0.4) is 0 Å². The average molecular weight is 282 g/mol. The summed E-state index contributed by atoms with van der Waals surface area (Å²) in [7, 11) is 0.